The summed E-state index contributed by atoms with van der Waals surface area (Å²) < 4.78 is 1.50. The number of aryl methyl sites for hydroxylation is 2. The van der Waals surface area contributed by atoms with E-state index >= 15 is 0 Å². The third-order valence-corrected chi connectivity index (χ3v) is 3.74. The Kier molecular flexibility index (Phi) is 4.26. The maximum atomic E-state index is 12.4. The lowest BCUT2D eigenvalue weighted by Crippen LogP contribution is -2.35. The van der Waals surface area contributed by atoms with Crippen LogP contribution in [0, 0.1) is 13.8 Å². The Balaban J connectivity index is 2.30. The van der Waals surface area contributed by atoms with Gasteiger partial charge in [-0.15, -0.1) is 0 Å². The highest BCUT2D eigenvalue weighted by Crippen LogP contribution is 2.13. The fraction of sp³-hybridized carbons (Fsp3) is 0.294. The van der Waals surface area contributed by atoms with Crippen LogP contribution >= 0.6 is 0 Å². The van der Waals surface area contributed by atoms with E-state index in [2.05, 4.69) is 5.32 Å². The Morgan fingerprint density at radius 1 is 1.19 bits per heavy atom. The fourth-order valence-corrected chi connectivity index (χ4v) is 2.35. The molecule has 4 heteroatoms. The van der Waals surface area contributed by atoms with E-state index in [0.29, 0.717) is 5.56 Å². The molecule has 2 rings (SSSR count). The molecule has 0 bridgehead atoms. The zero-order valence-corrected chi connectivity index (χ0v) is 12.8. The van der Waals surface area contributed by atoms with Crippen LogP contribution in [0.25, 0.3) is 0 Å². The van der Waals surface area contributed by atoms with E-state index in [4.69, 9.17) is 0 Å². The molecule has 0 saturated heterocycles. The molecule has 0 saturated carbocycles. The number of carbonyl (C=O) groups is 1. The number of rotatable bonds is 3. The van der Waals surface area contributed by atoms with E-state index in [1.54, 1.807) is 14.0 Å². The average molecular weight is 284 g/mol. The van der Waals surface area contributed by atoms with Crippen LogP contribution in [-0.2, 0) is 7.05 Å². The molecule has 1 atom stereocenters. The minimum absolute atomic E-state index is 0.149. The van der Waals surface area contributed by atoms with E-state index in [0.717, 1.165) is 11.3 Å². The SMILES string of the molecule is Cc1cc(C)n(C)c(=O)c1C(=O)NC(C)c1ccccc1. The molecule has 1 unspecified atom stereocenters. The number of hydrogen-bond donors (Lipinski definition) is 1. The first-order valence-electron chi connectivity index (χ1n) is 6.95. The molecular weight excluding hydrogens is 264 g/mol. The number of carbonyl (C=O) groups excluding carboxylic acids is 1. The number of benzene rings is 1. The standard InChI is InChI=1S/C17H20N2O2/c1-11-10-12(2)19(4)17(21)15(11)16(20)18-13(3)14-8-6-5-7-9-14/h5-10,13H,1-4H3,(H,18,20). The fourth-order valence-electron chi connectivity index (χ4n) is 2.35. The first kappa shape index (κ1) is 15.0. The van der Waals surface area contributed by atoms with Crippen LogP contribution in [0.5, 0.6) is 0 Å². The highest BCUT2D eigenvalue weighted by molar-refractivity contribution is 5.95. The molecule has 1 aromatic heterocycles. The Morgan fingerprint density at radius 2 is 1.81 bits per heavy atom. The van der Waals surface area contributed by atoms with Crippen molar-refractivity contribution in [1.29, 1.82) is 0 Å². The lowest BCUT2D eigenvalue weighted by molar-refractivity contribution is 0.0937. The van der Waals surface area contributed by atoms with Gasteiger partial charge in [0.2, 0.25) is 0 Å². The highest BCUT2D eigenvalue weighted by atomic mass is 16.2. The predicted molar refractivity (Wildman–Crippen MR) is 83.5 cm³/mol. The monoisotopic (exact) mass is 284 g/mol. The molecule has 0 aliphatic carbocycles. The summed E-state index contributed by atoms with van der Waals surface area (Å²) in [5, 5.41) is 2.89. The van der Waals surface area contributed by atoms with Crippen molar-refractivity contribution in [2.45, 2.75) is 26.8 Å². The van der Waals surface area contributed by atoms with Crippen molar-refractivity contribution in [3.05, 3.63) is 69.1 Å². The summed E-state index contributed by atoms with van der Waals surface area (Å²) >= 11 is 0. The third kappa shape index (κ3) is 3.05. The van der Waals surface area contributed by atoms with Crippen LogP contribution in [0.2, 0.25) is 0 Å². The molecule has 0 aliphatic heterocycles. The number of hydrogen-bond acceptors (Lipinski definition) is 2. The van der Waals surface area contributed by atoms with Gasteiger partial charge in [0, 0.05) is 12.7 Å². The van der Waals surface area contributed by atoms with Crippen molar-refractivity contribution in [1.82, 2.24) is 9.88 Å². The maximum absolute atomic E-state index is 12.4. The topological polar surface area (TPSA) is 51.1 Å². The smallest absolute Gasteiger partial charge is 0.263 e. The van der Waals surface area contributed by atoms with Gasteiger partial charge in [-0.2, -0.15) is 0 Å². The van der Waals surface area contributed by atoms with Crippen molar-refractivity contribution in [2.75, 3.05) is 0 Å². The van der Waals surface area contributed by atoms with Gasteiger partial charge < -0.3 is 9.88 Å². The van der Waals surface area contributed by atoms with Crippen LogP contribution < -0.4 is 10.9 Å². The Labute approximate surface area is 124 Å². The van der Waals surface area contributed by atoms with Crippen molar-refractivity contribution < 1.29 is 4.79 Å². The van der Waals surface area contributed by atoms with Gasteiger partial charge in [-0.3, -0.25) is 9.59 Å². The predicted octanol–water partition coefficient (Wildman–Crippen LogP) is 2.49. The summed E-state index contributed by atoms with van der Waals surface area (Å²) in [5.41, 5.74) is 2.50. The van der Waals surface area contributed by atoms with Crippen molar-refractivity contribution >= 4 is 5.91 Å². The summed E-state index contributed by atoms with van der Waals surface area (Å²) in [6.07, 6.45) is 0. The van der Waals surface area contributed by atoms with E-state index in [9.17, 15) is 9.59 Å². The molecule has 0 radical (unpaired) electrons. The van der Waals surface area contributed by atoms with E-state index in [1.165, 1.54) is 4.57 Å². The number of aromatic nitrogens is 1. The summed E-state index contributed by atoms with van der Waals surface area (Å²) in [4.78, 5) is 24.7. The van der Waals surface area contributed by atoms with Crippen LogP contribution in [0.15, 0.2) is 41.2 Å². The maximum Gasteiger partial charge on any atom is 0.263 e. The van der Waals surface area contributed by atoms with Gasteiger partial charge in [-0.1, -0.05) is 30.3 Å². The Bertz CT molecular complexity index is 718. The Morgan fingerprint density at radius 3 is 2.43 bits per heavy atom. The quantitative estimate of drug-likeness (QED) is 0.941. The normalized spacial score (nSPS) is 12.0. The second-order valence-electron chi connectivity index (χ2n) is 5.31. The largest absolute Gasteiger partial charge is 0.345 e. The molecule has 0 spiro atoms. The van der Waals surface area contributed by atoms with Crippen LogP contribution in [0.1, 0.15) is 40.1 Å². The van der Waals surface area contributed by atoms with Gasteiger partial charge in [0.05, 0.1) is 6.04 Å². The molecule has 1 aromatic carbocycles. The van der Waals surface area contributed by atoms with Gasteiger partial charge in [0.25, 0.3) is 11.5 Å². The first-order chi connectivity index (χ1) is 9.91. The summed E-state index contributed by atoms with van der Waals surface area (Å²) in [5.74, 6) is -0.329. The zero-order valence-electron chi connectivity index (χ0n) is 12.8. The van der Waals surface area contributed by atoms with Gasteiger partial charge in [0.15, 0.2) is 0 Å². The van der Waals surface area contributed by atoms with Gasteiger partial charge in [0.1, 0.15) is 5.56 Å². The summed E-state index contributed by atoms with van der Waals surface area (Å²) in [6.45, 7) is 5.54. The van der Waals surface area contributed by atoms with E-state index in [-0.39, 0.29) is 23.1 Å². The number of amides is 1. The lowest BCUT2D eigenvalue weighted by Gasteiger charge is -2.16. The van der Waals surface area contributed by atoms with Crippen molar-refractivity contribution in [3.8, 4) is 0 Å². The van der Waals surface area contributed by atoms with Crippen LogP contribution in [-0.4, -0.2) is 10.5 Å². The molecule has 0 aliphatic rings. The second kappa shape index (κ2) is 5.95. The minimum atomic E-state index is -0.329. The highest BCUT2D eigenvalue weighted by Gasteiger charge is 2.18. The molecular formula is C17H20N2O2. The molecule has 1 heterocycles. The average Bonchev–Trinajstić information content (AvgIpc) is 2.45. The third-order valence-electron chi connectivity index (χ3n) is 3.74. The van der Waals surface area contributed by atoms with Crippen LogP contribution in [0.4, 0.5) is 0 Å². The number of pyridine rings is 1. The molecule has 1 N–H and O–H groups in total. The molecule has 110 valence electrons. The molecule has 21 heavy (non-hydrogen) atoms. The molecule has 2 aromatic rings. The van der Waals surface area contributed by atoms with Crippen LogP contribution in [0.3, 0.4) is 0 Å². The second-order valence-corrected chi connectivity index (χ2v) is 5.31. The van der Waals surface area contributed by atoms with E-state index in [1.807, 2.05) is 50.2 Å². The summed E-state index contributed by atoms with van der Waals surface area (Å²) in [6, 6.07) is 11.4. The summed E-state index contributed by atoms with van der Waals surface area (Å²) in [7, 11) is 1.68. The van der Waals surface area contributed by atoms with Gasteiger partial charge >= 0.3 is 0 Å². The molecule has 0 fully saturated rings. The van der Waals surface area contributed by atoms with Gasteiger partial charge in [-0.25, -0.2) is 0 Å². The Hall–Kier alpha value is -2.36. The van der Waals surface area contributed by atoms with Gasteiger partial charge in [-0.05, 0) is 38.0 Å². The van der Waals surface area contributed by atoms with E-state index < -0.39 is 0 Å². The lowest BCUT2D eigenvalue weighted by atomic mass is 10.1. The number of nitrogens with zero attached hydrogens (tertiary/aromatic N) is 1. The van der Waals surface area contributed by atoms with Crippen molar-refractivity contribution in [3.63, 3.8) is 0 Å². The first-order valence-corrected chi connectivity index (χ1v) is 6.95. The zero-order chi connectivity index (χ0) is 15.6. The number of nitrogens with one attached hydrogen (secondary N) is 1. The molecule has 4 nitrogen and oxygen atoms in total. The molecule has 1 amide bonds. The minimum Gasteiger partial charge on any atom is -0.345 e. The van der Waals surface area contributed by atoms with Crippen molar-refractivity contribution in [2.24, 2.45) is 7.05 Å².